The Kier molecular flexibility index (Phi) is 3.34. The number of ether oxygens (including phenoxy) is 1. The quantitative estimate of drug-likeness (QED) is 0.791. The van der Waals surface area contributed by atoms with Crippen LogP contribution in [0, 0.1) is 0 Å². The molecule has 0 bridgehead atoms. The summed E-state index contributed by atoms with van der Waals surface area (Å²) in [7, 11) is 0. The fourth-order valence-corrected chi connectivity index (χ4v) is 3.74. The lowest BCUT2D eigenvalue weighted by Crippen LogP contribution is -2.55. The highest BCUT2D eigenvalue weighted by Crippen LogP contribution is 2.38. The number of carbonyl (C=O) groups excluding carboxylic acids is 1. The molecule has 0 aromatic heterocycles. The lowest BCUT2D eigenvalue weighted by atomic mass is 9.77. The first-order valence-corrected chi connectivity index (χ1v) is 8.46. The molecule has 2 aliphatic rings. The van der Waals surface area contributed by atoms with Crippen molar-refractivity contribution in [1.82, 2.24) is 0 Å². The first kappa shape index (κ1) is 15.1. The molecule has 0 radical (unpaired) electrons. The number of aliphatic imine (C=N–C) groups is 1. The van der Waals surface area contributed by atoms with Gasteiger partial charge in [0.05, 0.1) is 5.71 Å². The molecule has 0 amide bonds. The highest BCUT2D eigenvalue weighted by atomic mass is 16.6. The lowest BCUT2D eigenvalue weighted by molar-refractivity contribution is -0.161. The summed E-state index contributed by atoms with van der Waals surface area (Å²) in [5.74, 6) is -0.225. The summed E-state index contributed by atoms with van der Waals surface area (Å²) < 4.78 is 5.95. The Morgan fingerprint density at radius 2 is 1.75 bits per heavy atom. The van der Waals surface area contributed by atoms with Gasteiger partial charge in [-0.3, -0.25) is 4.99 Å². The van der Waals surface area contributed by atoms with Gasteiger partial charge in [-0.1, -0.05) is 54.6 Å². The number of esters is 1. The van der Waals surface area contributed by atoms with Gasteiger partial charge in [0.25, 0.3) is 0 Å². The molecule has 1 heterocycles. The van der Waals surface area contributed by atoms with Gasteiger partial charge in [0, 0.05) is 12.0 Å². The van der Waals surface area contributed by atoms with Crippen LogP contribution in [0.5, 0.6) is 0 Å². The van der Waals surface area contributed by atoms with Gasteiger partial charge < -0.3 is 4.74 Å². The van der Waals surface area contributed by atoms with E-state index < -0.39 is 11.1 Å². The van der Waals surface area contributed by atoms with Crippen molar-refractivity contribution in [3.63, 3.8) is 0 Å². The van der Waals surface area contributed by atoms with Gasteiger partial charge in [0.1, 0.15) is 0 Å². The largest absolute Gasteiger partial charge is 0.451 e. The van der Waals surface area contributed by atoms with Crippen molar-refractivity contribution in [3.8, 4) is 0 Å². The van der Waals surface area contributed by atoms with Crippen molar-refractivity contribution in [3.05, 3.63) is 71.3 Å². The summed E-state index contributed by atoms with van der Waals surface area (Å²) in [6, 6.07) is 18.3. The van der Waals surface area contributed by atoms with Crippen molar-refractivity contribution < 1.29 is 9.53 Å². The van der Waals surface area contributed by atoms with Gasteiger partial charge in [0.2, 0.25) is 0 Å². The Bertz CT molecular complexity index is 827. The molecular weight excluding hydrogens is 298 g/mol. The molecule has 2 atom stereocenters. The van der Waals surface area contributed by atoms with Crippen LogP contribution >= 0.6 is 0 Å². The number of nitrogens with zero attached hydrogens (tertiary/aromatic N) is 1. The van der Waals surface area contributed by atoms with Crippen molar-refractivity contribution in [2.24, 2.45) is 4.99 Å². The monoisotopic (exact) mass is 319 g/mol. The maximum atomic E-state index is 12.8. The van der Waals surface area contributed by atoms with Gasteiger partial charge in [-0.25, -0.2) is 4.79 Å². The predicted octanol–water partition coefficient (Wildman–Crippen LogP) is 3.74. The molecule has 0 fully saturated rings. The molecule has 1 aliphatic carbocycles. The van der Waals surface area contributed by atoms with Crippen LogP contribution in [0.4, 0.5) is 0 Å². The summed E-state index contributed by atoms with van der Waals surface area (Å²) in [5, 5.41) is 0. The average molecular weight is 319 g/mol. The number of hydrogen-bond donors (Lipinski definition) is 0. The molecule has 0 unspecified atom stereocenters. The molecule has 0 saturated carbocycles. The van der Waals surface area contributed by atoms with Crippen LogP contribution in [0.2, 0.25) is 0 Å². The molecule has 24 heavy (non-hydrogen) atoms. The zero-order valence-corrected chi connectivity index (χ0v) is 14.1. The second kappa shape index (κ2) is 5.30. The number of rotatable bonds is 2. The van der Waals surface area contributed by atoms with Gasteiger partial charge >= 0.3 is 5.97 Å². The van der Waals surface area contributed by atoms with Crippen LogP contribution in [0.3, 0.4) is 0 Å². The average Bonchev–Trinajstić information content (AvgIpc) is 2.58. The Labute approximate surface area is 142 Å². The summed E-state index contributed by atoms with van der Waals surface area (Å²) >= 11 is 0. The lowest BCUT2D eigenvalue weighted by Gasteiger charge is -2.43. The minimum atomic E-state index is -0.874. The predicted molar refractivity (Wildman–Crippen MR) is 94.3 cm³/mol. The minimum absolute atomic E-state index is 0.225. The van der Waals surface area contributed by atoms with Crippen LogP contribution < -0.4 is 0 Å². The molecule has 1 aliphatic heterocycles. The third-order valence-corrected chi connectivity index (χ3v) is 5.15. The van der Waals surface area contributed by atoms with E-state index in [-0.39, 0.29) is 5.97 Å². The van der Waals surface area contributed by atoms with Crippen LogP contribution in [-0.4, -0.2) is 22.8 Å². The molecule has 3 nitrogen and oxygen atoms in total. The SMILES string of the molecule is C[C@]1(Cc2ccccc2)N=C2c3ccccc3CC[C@@]2(C)OC1=O. The van der Waals surface area contributed by atoms with Crippen molar-refractivity contribution in [2.75, 3.05) is 0 Å². The zero-order chi connectivity index (χ0) is 16.8. The first-order chi connectivity index (χ1) is 11.5. The number of fused-ring (bicyclic) bond motifs is 3. The first-order valence-electron chi connectivity index (χ1n) is 8.46. The smallest absolute Gasteiger partial charge is 0.335 e. The number of aryl methyl sites for hydroxylation is 1. The maximum Gasteiger partial charge on any atom is 0.335 e. The van der Waals surface area contributed by atoms with Crippen molar-refractivity contribution >= 4 is 11.7 Å². The zero-order valence-electron chi connectivity index (χ0n) is 14.1. The molecule has 0 saturated heterocycles. The standard InChI is InChI=1S/C21H21NO2/c1-20(14-15-8-4-3-5-9-15)19(23)24-21(2)13-12-16-10-6-7-11-17(16)18(21)22-20/h3-11H,12-14H2,1-2H3/t20-,21-/m1/s1. The van der Waals surface area contributed by atoms with E-state index in [0.717, 1.165) is 29.7 Å². The number of hydrogen-bond acceptors (Lipinski definition) is 3. The highest BCUT2D eigenvalue weighted by molar-refractivity contribution is 6.12. The van der Waals surface area contributed by atoms with E-state index in [4.69, 9.17) is 9.73 Å². The molecule has 2 aromatic carbocycles. The number of carbonyl (C=O) groups is 1. The highest BCUT2D eigenvalue weighted by Gasteiger charge is 2.50. The summed E-state index contributed by atoms with van der Waals surface area (Å²) in [4.78, 5) is 17.7. The van der Waals surface area contributed by atoms with Crippen LogP contribution in [-0.2, 0) is 22.4 Å². The van der Waals surface area contributed by atoms with Crippen LogP contribution in [0.1, 0.15) is 37.0 Å². The van der Waals surface area contributed by atoms with E-state index in [2.05, 4.69) is 18.2 Å². The molecular formula is C21H21NO2. The van der Waals surface area contributed by atoms with E-state index in [1.54, 1.807) is 0 Å². The minimum Gasteiger partial charge on any atom is -0.451 e. The number of benzene rings is 2. The molecule has 2 aromatic rings. The fourth-order valence-electron chi connectivity index (χ4n) is 3.74. The van der Waals surface area contributed by atoms with Gasteiger partial charge in [-0.05, 0) is 37.8 Å². The molecule has 4 rings (SSSR count). The third kappa shape index (κ3) is 2.35. The molecule has 0 N–H and O–H groups in total. The Hall–Kier alpha value is -2.42. The summed E-state index contributed by atoms with van der Waals surface area (Å²) in [6.45, 7) is 3.87. The van der Waals surface area contributed by atoms with Crippen LogP contribution in [0.15, 0.2) is 59.6 Å². The van der Waals surface area contributed by atoms with Gasteiger partial charge in [-0.15, -0.1) is 0 Å². The van der Waals surface area contributed by atoms with Crippen molar-refractivity contribution in [1.29, 1.82) is 0 Å². The summed E-state index contributed by atoms with van der Waals surface area (Å²) in [5.41, 5.74) is 2.94. The summed E-state index contributed by atoms with van der Waals surface area (Å²) in [6.07, 6.45) is 2.25. The second-order valence-corrected chi connectivity index (χ2v) is 7.17. The van der Waals surface area contributed by atoms with E-state index >= 15 is 0 Å². The van der Waals surface area contributed by atoms with Crippen LogP contribution in [0.25, 0.3) is 0 Å². The van der Waals surface area contributed by atoms with E-state index in [1.807, 2.05) is 50.2 Å². The van der Waals surface area contributed by atoms with E-state index in [1.165, 1.54) is 5.56 Å². The van der Waals surface area contributed by atoms with E-state index in [0.29, 0.717) is 6.42 Å². The Balaban J connectivity index is 1.81. The van der Waals surface area contributed by atoms with Crippen molar-refractivity contribution in [2.45, 2.75) is 44.2 Å². The van der Waals surface area contributed by atoms with E-state index in [9.17, 15) is 4.79 Å². The molecule has 122 valence electrons. The van der Waals surface area contributed by atoms with Gasteiger partial charge in [-0.2, -0.15) is 0 Å². The Morgan fingerprint density at radius 3 is 2.54 bits per heavy atom. The third-order valence-electron chi connectivity index (χ3n) is 5.15. The molecule has 3 heteroatoms. The normalized spacial score (nSPS) is 28.4. The Morgan fingerprint density at radius 1 is 1.04 bits per heavy atom. The maximum absolute atomic E-state index is 12.8. The topological polar surface area (TPSA) is 38.7 Å². The van der Waals surface area contributed by atoms with Gasteiger partial charge in [0.15, 0.2) is 11.1 Å². The fraction of sp³-hybridized carbons (Fsp3) is 0.333. The second-order valence-electron chi connectivity index (χ2n) is 7.17. The molecule has 0 spiro atoms.